The molecule has 3 rings (SSSR count). The lowest BCUT2D eigenvalue weighted by molar-refractivity contribution is 0.0698. The number of carboxylic acid groups (broad SMARTS) is 1. The Morgan fingerprint density at radius 1 is 1.44 bits per heavy atom. The summed E-state index contributed by atoms with van der Waals surface area (Å²) in [5.74, 6) is -0.472. The van der Waals surface area contributed by atoms with E-state index in [0.717, 1.165) is 40.6 Å². The molecule has 0 radical (unpaired) electrons. The van der Waals surface area contributed by atoms with Crippen LogP contribution in [0.15, 0.2) is 18.2 Å². The van der Waals surface area contributed by atoms with E-state index >= 15 is 0 Å². The predicted octanol–water partition coefficient (Wildman–Crippen LogP) is 3.29. The highest BCUT2D eigenvalue weighted by atomic mass is 16.4. The number of aromatic carboxylic acids is 1. The van der Waals surface area contributed by atoms with E-state index in [2.05, 4.69) is 6.92 Å². The molecule has 0 aliphatic heterocycles. The Morgan fingerprint density at radius 3 is 2.94 bits per heavy atom. The van der Waals surface area contributed by atoms with Crippen molar-refractivity contribution < 1.29 is 9.90 Å². The van der Waals surface area contributed by atoms with Crippen molar-refractivity contribution in [3.05, 3.63) is 40.6 Å². The van der Waals surface area contributed by atoms with Gasteiger partial charge in [-0.2, -0.15) is 0 Å². The molecular weight excluding hydrogens is 226 g/mol. The summed E-state index contributed by atoms with van der Waals surface area (Å²) < 4.78 is 0. The third-order valence-electron chi connectivity index (χ3n) is 3.86. The topological polar surface area (TPSA) is 50.2 Å². The zero-order valence-corrected chi connectivity index (χ0v) is 10.5. The number of carboxylic acids is 1. The Labute approximate surface area is 105 Å². The van der Waals surface area contributed by atoms with E-state index in [1.165, 1.54) is 0 Å². The van der Waals surface area contributed by atoms with E-state index in [0.29, 0.717) is 11.5 Å². The highest BCUT2D eigenvalue weighted by Gasteiger charge is 2.27. The first kappa shape index (κ1) is 11.2. The van der Waals surface area contributed by atoms with Crippen LogP contribution < -0.4 is 0 Å². The predicted molar refractivity (Wildman–Crippen MR) is 70.2 cm³/mol. The molecule has 18 heavy (non-hydrogen) atoms. The van der Waals surface area contributed by atoms with Gasteiger partial charge in [0.2, 0.25) is 0 Å². The number of rotatable bonds is 1. The van der Waals surface area contributed by atoms with Crippen molar-refractivity contribution >= 4 is 16.9 Å². The van der Waals surface area contributed by atoms with E-state index in [1.807, 2.05) is 25.1 Å². The summed E-state index contributed by atoms with van der Waals surface area (Å²) in [6, 6.07) is 5.74. The van der Waals surface area contributed by atoms with Crippen LogP contribution in [0.2, 0.25) is 0 Å². The number of fused-ring (bicyclic) bond motifs is 2. The fourth-order valence-electron chi connectivity index (χ4n) is 2.89. The van der Waals surface area contributed by atoms with E-state index in [4.69, 9.17) is 4.98 Å². The Hall–Kier alpha value is -1.90. The molecule has 92 valence electrons. The summed E-state index contributed by atoms with van der Waals surface area (Å²) in [4.78, 5) is 16.3. The molecule has 1 unspecified atom stereocenters. The molecule has 3 nitrogen and oxygen atoms in total. The highest BCUT2D eigenvalue weighted by molar-refractivity contribution is 6.05. The average molecular weight is 241 g/mol. The Kier molecular flexibility index (Phi) is 2.37. The lowest BCUT2D eigenvalue weighted by Crippen LogP contribution is -2.06. The number of hydrogen-bond donors (Lipinski definition) is 1. The standard InChI is InChI=1S/C15H15NO2/c1-8-4-3-5-10-12(15(17)18)11-7-6-9(2)14(11)16-13(8)10/h3-5,9H,6-7H2,1-2H3,(H,17,18). The molecule has 3 heteroatoms. The van der Waals surface area contributed by atoms with Crippen LogP contribution in [0.4, 0.5) is 0 Å². The monoisotopic (exact) mass is 241 g/mol. The normalized spacial score (nSPS) is 18.0. The van der Waals surface area contributed by atoms with Crippen molar-refractivity contribution in [3.8, 4) is 0 Å². The van der Waals surface area contributed by atoms with Crippen LogP contribution in [-0.2, 0) is 6.42 Å². The SMILES string of the molecule is Cc1cccc2c(C(=O)O)c3c(nc12)C(C)CC3. The van der Waals surface area contributed by atoms with Gasteiger partial charge >= 0.3 is 5.97 Å². The lowest BCUT2D eigenvalue weighted by atomic mass is 9.98. The maximum absolute atomic E-state index is 11.6. The van der Waals surface area contributed by atoms with E-state index in [-0.39, 0.29) is 0 Å². The molecule has 0 amide bonds. The quantitative estimate of drug-likeness (QED) is 0.833. The highest BCUT2D eigenvalue weighted by Crippen LogP contribution is 2.37. The van der Waals surface area contributed by atoms with Crippen LogP contribution in [0.3, 0.4) is 0 Å². The zero-order valence-electron chi connectivity index (χ0n) is 10.5. The molecule has 0 bridgehead atoms. The smallest absolute Gasteiger partial charge is 0.336 e. The third-order valence-corrected chi connectivity index (χ3v) is 3.86. The van der Waals surface area contributed by atoms with Gasteiger partial charge in [0.05, 0.1) is 11.1 Å². The Bertz CT molecular complexity index is 661. The van der Waals surface area contributed by atoms with Gasteiger partial charge in [-0.3, -0.25) is 4.98 Å². The number of nitrogens with zero attached hydrogens (tertiary/aromatic N) is 1. The van der Waals surface area contributed by atoms with Crippen LogP contribution in [0.5, 0.6) is 0 Å². The van der Waals surface area contributed by atoms with E-state index in [9.17, 15) is 9.90 Å². The number of aryl methyl sites for hydroxylation is 1. The van der Waals surface area contributed by atoms with Gasteiger partial charge in [-0.25, -0.2) is 4.79 Å². The average Bonchev–Trinajstić information content (AvgIpc) is 2.69. The minimum absolute atomic E-state index is 0.363. The van der Waals surface area contributed by atoms with Gasteiger partial charge in [-0.05, 0) is 36.8 Å². The zero-order chi connectivity index (χ0) is 12.9. The van der Waals surface area contributed by atoms with Crippen LogP contribution >= 0.6 is 0 Å². The summed E-state index contributed by atoms with van der Waals surface area (Å²) in [6.45, 7) is 4.10. The fraction of sp³-hybridized carbons (Fsp3) is 0.333. The van der Waals surface area contributed by atoms with Crippen molar-refractivity contribution in [1.29, 1.82) is 0 Å². The second-order valence-corrected chi connectivity index (χ2v) is 5.07. The minimum atomic E-state index is -0.835. The molecule has 0 fully saturated rings. The molecule has 1 N–H and O–H groups in total. The van der Waals surface area contributed by atoms with Crippen LogP contribution in [0.1, 0.15) is 46.4 Å². The van der Waals surface area contributed by atoms with Gasteiger partial charge in [0, 0.05) is 11.1 Å². The van der Waals surface area contributed by atoms with Gasteiger partial charge in [-0.15, -0.1) is 0 Å². The number of aromatic nitrogens is 1. The number of carbonyl (C=O) groups is 1. The second-order valence-electron chi connectivity index (χ2n) is 5.07. The van der Waals surface area contributed by atoms with Crippen LogP contribution in [0.25, 0.3) is 10.9 Å². The first-order chi connectivity index (χ1) is 8.59. The van der Waals surface area contributed by atoms with Crippen molar-refractivity contribution in [3.63, 3.8) is 0 Å². The molecule has 0 spiro atoms. The van der Waals surface area contributed by atoms with Crippen molar-refractivity contribution in [2.75, 3.05) is 0 Å². The van der Waals surface area contributed by atoms with Crippen LogP contribution in [-0.4, -0.2) is 16.1 Å². The summed E-state index contributed by atoms with van der Waals surface area (Å²) in [7, 11) is 0. The number of pyridine rings is 1. The third kappa shape index (κ3) is 1.43. The summed E-state index contributed by atoms with van der Waals surface area (Å²) in [5, 5.41) is 10.3. The first-order valence-electron chi connectivity index (χ1n) is 6.25. The maximum atomic E-state index is 11.6. The molecule has 1 aliphatic carbocycles. The van der Waals surface area contributed by atoms with Gasteiger partial charge in [0.25, 0.3) is 0 Å². The molecule has 1 aromatic carbocycles. The van der Waals surface area contributed by atoms with Crippen molar-refractivity contribution in [2.24, 2.45) is 0 Å². The largest absolute Gasteiger partial charge is 0.478 e. The summed E-state index contributed by atoms with van der Waals surface area (Å²) in [6.07, 6.45) is 1.83. The molecule has 2 aromatic rings. The van der Waals surface area contributed by atoms with E-state index in [1.54, 1.807) is 0 Å². The summed E-state index contributed by atoms with van der Waals surface area (Å²) in [5.41, 5.74) is 4.25. The Morgan fingerprint density at radius 2 is 2.22 bits per heavy atom. The van der Waals surface area contributed by atoms with Gasteiger partial charge < -0.3 is 5.11 Å². The molecule has 0 saturated heterocycles. The fourth-order valence-corrected chi connectivity index (χ4v) is 2.89. The van der Waals surface area contributed by atoms with Crippen LogP contribution in [0, 0.1) is 6.92 Å². The lowest BCUT2D eigenvalue weighted by Gasteiger charge is -2.11. The summed E-state index contributed by atoms with van der Waals surface area (Å²) >= 11 is 0. The first-order valence-corrected chi connectivity index (χ1v) is 6.25. The molecule has 1 heterocycles. The van der Waals surface area contributed by atoms with Crippen molar-refractivity contribution in [2.45, 2.75) is 32.6 Å². The van der Waals surface area contributed by atoms with Gasteiger partial charge in [0.1, 0.15) is 0 Å². The number of hydrogen-bond acceptors (Lipinski definition) is 2. The molecular formula is C15H15NO2. The maximum Gasteiger partial charge on any atom is 0.336 e. The molecule has 1 aliphatic rings. The Balaban J connectivity index is 2.48. The van der Waals surface area contributed by atoms with Gasteiger partial charge in [0.15, 0.2) is 0 Å². The van der Waals surface area contributed by atoms with E-state index < -0.39 is 5.97 Å². The second kappa shape index (κ2) is 3.80. The molecule has 1 atom stereocenters. The molecule has 1 aromatic heterocycles. The minimum Gasteiger partial charge on any atom is -0.478 e. The number of para-hydroxylation sites is 1. The van der Waals surface area contributed by atoms with Crippen molar-refractivity contribution in [1.82, 2.24) is 4.98 Å². The molecule has 0 saturated carbocycles. The number of benzene rings is 1. The van der Waals surface area contributed by atoms with Gasteiger partial charge in [-0.1, -0.05) is 25.1 Å².